The molecule has 12 heteroatoms. The van der Waals surface area contributed by atoms with Gasteiger partial charge in [-0.2, -0.15) is 4.91 Å². The third-order valence-electron chi connectivity index (χ3n) is 6.49. The van der Waals surface area contributed by atoms with Crippen molar-refractivity contribution in [2.24, 2.45) is 11.1 Å². The number of nitrogens with zero attached hydrogens (tertiary/aromatic N) is 5. The lowest BCUT2D eigenvalue weighted by Gasteiger charge is -2.18. The summed E-state index contributed by atoms with van der Waals surface area (Å²) >= 11 is 0. The van der Waals surface area contributed by atoms with Gasteiger partial charge in [0.1, 0.15) is 11.9 Å². The minimum absolute atomic E-state index is 0.0143. The normalized spacial score (nSPS) is 19.6. The van der Waals surface area contributed by atoms with Crippen molar-refractivity contribution in [1.82, 2.24) is 25.2 Å². The molecule has 3 aromatic rings. The fourth-order valence-corrected chi connectivity index (χ4v) is 4.63. The van der Waals surface area contributed by atoms with Crippen LogP contribution in [0.1, 0.15) is 11.3 Å². The number of halogens is 1. The predicted octanol–water partition coefficient (Wildman–Crippen LogP) is 1.90. The van der Waals surface area contributed by atoms with Gasteiger partial charge in [-0.15, -0.1) is 0 Å². The molecular formula is C24H26FN7O4. The van der Waals surface area contributed by atoms with Gasteiger partial charge >= 0.3 is 0 Å². The number of hydrogen-bond acceptors (Lipinski definition) is 10. The maximum atomic E-state index is 14.6. The van der Waals surface area contributed by atoms with Crippen LogP contribution in [0.25, 0.3) is 11.0 Å². The Hall–Kier alpha value is -3.77. The number of nitroso groups, excluding NO2 is 1. The van der Waals surface area contributed by atoms with Crippen LogP contribution >= 0.6 is 0 Å². The standard InChI is InChI=1S/C24H26FN7O4/c1-35-22-5-3-18-23(30-22)16(17(25)10-27-18)6-7-32-11-14(19(12-32)31-34)8-26-9-15-2-4-20-24(28-15)29-21(33)13-36-20/h2-5,10,14,19,26H,6-9,11-13H2,1H3,(H,28,29,33)/t14-,19?/m1/s1. The number of ether oxygens (including phenoxy) is 2. The molecule has 2 aliphatic heterocycles. The summed E-state index contributed by atoms with van der Waals surface area (Å²) in [4.78, 5) is 38.1. The maximum Gasteiger partial charge on any atom is 0.263 e. The van der Waals surface area contributed by atoms with Crippen molar-refractivity contribution in [1.29, 1.82) is 0 Å². The first-order valence-corrected chi connectivity index (χ1v) is 11.7. The summed E-state index contributed by atoms with van der Waals surface area (Å²) < 4.78 is 25.1. The number of carbonyl (C=O) groups excluding carboxylic acids is 1. The number of methoxy groups -OCH3 is 1. The van der Waals surface area contributed by atoms with Gasteiger partial charge in [0.05, 0.1) is 30.0 Å². The number of amides is 1. The zero-order valence-corrected chi connectivity index (χ0v) is 19.7. The molecule has 1 amide bonds. The van der Waals surface area contributed by atoms with Crippen molar-refractivity contribution in [3.05, 3.63) is 52.4 Å². The summed E-state index contributed by atoms with van der Waals surface area (Å²) in [5.41, 5.74) is 2.31. The van der Waals surface area contributed by atoms with E-state index in [-0.39, 0.29) is 24.5 Å². The molecule has 0 aromatic carbocycles. The van der Waals surface area contributed by atoms with Crippen LogP contribution in [-0.4, -0.2) is 71.7 Å². The van der Waals surface area contributed by atoms with Crippen molar-refractivity contribution < 1.29 is 18.7 Å². The van der Waals surface area contributed by atoms with Crippen molar-refractivity contribution in [3.8, 4) is 11.6 Å². The fourth-order valence-electron chi connectivity index (χ4n) is 4.63. The highest BCUT2D eigenvalue weighted by Crippen LogP contribution is 2.26. The van der Waals surface area contributed by atoms with E-state index in [9.17, 15) is 14.1 Å². The number of anilines is 1. The highest BCUT2D eigenvalue weighted by molar-refractivity contribution is 5.94. The molecule has 0 saturated carbocycles. The number of likely N-dealkylation sites (tertiary alicyclic amines) is 1. The third-order valence-corrected chi connectivity index (χ3v) is 6.49. The molecule has 1 unspecified atom stereocenters. The molecule has 3 aromatic heterocycles. The fraction of sp³-hybridized carbons (Fsp3) is 0.417. The van der Waals surface area contributed by atoms with Gasteiger partial charge in [-0.05, 0) is 24.6 Å². The van der Waals surface area contributed by atoms with Crippen LogP contribution in [0.5, 0.6) is 11.6 Å². The summed E-state index contributed by atoms with van der Waals surface area (Å²) in [5, 5.41) is 9.36. The monoisotopic (exact) mass is 495 g/mol. The van der Waals surface area contributed by atoms with Crippen molar-refractivity contribution in [3.63, 3.8) is 0 Å². The van der Waals surface area contributed by atoms with E-state index in [1.54, 1.807) is 18.2 Å². The molecular weight excluding hydrogens is 469 g/mol. The topological polar surface area (TPSA) is 131 Å². The second-order valence-corrected chi connectivity index (χ2v) is 8.87. The summed E-state index contributed by atoms with van der Waals surface area (Å²) in [6.07, 6.45) is 1.63. The molecule has 0 bridgehead atoms. The Labute approximate surface area is 206 Å². The molecule has 36 heavy (non-hydrogen) atoms. The van der Waals surface area contributed by atoms with Gasteiger partial charge in [-0.25, -0.2) is 14.4 Å². The van der Waals surface area contributed by atoms with E-state index in [0.29, 0.717) is 73.2 Å². The van der Waals surface area contributed by atoms with E-state index in [4.69, 9.17) is 9.47 Å². The largest absolute Gasteiger partial charge is 0.481 e. The maximum absolute atomic E-state index is 14.6. The number of carbonyl (C=O) groups is 1. The Morgan fingerprint density at radius 2 is 2.17 bits per heavy atom. The van der Waals surface area contributed by atoms with Crippen LogP contribution in [0.15, 0.2) is 35.6 Å². The number of nitrogens with one attached hydrogen (secondary N) is 2. The van der Waals surface area contributed by atoms with Gasteiger partial charge in [-0.3, -0.25) is 9.78 Å². The third kappa shape index (κ3) is 5.09. The molecule has 1 fully saturated rings. The minimum atomic E-state index is -0.412. The van der Waals surface area contributed by atoms with E-state index >= 15 is 0 Å². The van der Waals surface area contributed by atoms with Crippen LogP contribution in [0.3, 0.4) is 0 Å². The lowest BCUT2D eigenvalue weighted by atomic mass is 10.1. The van der Waals surface area contributed by atoms with Gasteiger partial charge in [0.2, 0.25) is 5.88 Å². The van der Waals surface area contributed by atoms with Crippen LogP contribution in [0.4, 0.5) is 10.2 Å². The molecule has 2 aliphatic rings. The summed E-state index contributed by atoms with van der Waals surface area (Å²) in [5.74, 6) is 0.720. The summed E-state index contributed by atoms with van der Waals surface area (Å²) in [6, 6.07) is 6.69. The number of fused-ring (bicyclic) bond motifs is 2. The Morgan fingerprint density at radius 1 is 1.28 bits per heavy atom. The average Bonchev–Trinajstić information content (AvgIpc) is 3.29. The number of rotatable bonds is 9. The minimum Gasteiger partial charge on any atom is -0.481 e. The highest BCUT2D eigenvalue weighted by atomic mass is 19.1. The Bertz CT molecular complexity index is 1290. The van der Waals surface area contributed by atoms with Crippen LogP contribution in [0.2, 0.25) is 0 Å². The second-order valence-electron chi connectivity index (χ2n) is 8.87. The zero-order valence-electron chi connectivity index (χ0n) is 19.7. The van der Waals surface area contributed by atoms with E-state index in [1.807, 2.05) is 6.07 Å². The Kier molecular flexibility index (Phi) is 6.96. The first-order valence-electron chi connectivity index (χ1n) is 11.7. The van der Waals surface area contributed by atoms with E-state index in [0.717, 1.165) is 5.69 Å². The van der Waals surface area contributed by atoms with E-state index in [2.05, 4.69) is 35.7 Å². The Morgan fingerprint density at radius 3 is 3.00 bits per heavy atom. The smallest absolute Gasteiger partial charge is 0.263 e. The summed E-state index contributed by atoms with van der Waals surface area (Å²) in [7, 11) is 1.51. The lowest BCUT2D eigenvalue weighted by Crippen LogP contribution is -2.30. The van der Waals surface area contributed by atoms with Crippen molar-refractivity contribution in [2.45, 2.75) is 19.0 Å². The van der Waals surface area contributed by atoms with Gasteiger partial charge < -0.3 is 25.0 Å². The number of pyridine rings is 3. The molecule has 11 nitrogen and oxygen atoms in total. The van der Waals surface area contributed by atoms with Crippen molar-refractivity contribution >= 4 is 22.8 Å². The predicted molar refractivity (Wildman–Crippen MR) is 129 cm³/mol. The van der Waals surface area contributed by atoms with Crippen LogP contribution in [0, 0.1) is 16.6 Å². The van der Waals surface area contributed by atoms with Gasteiger partial charge in [0.15, 0.2) is 18.2 Å². The SMILES string of the molecule is COc1ccc2ncc(F)c(CCN3CC(N=O)[C@H](CNCc4ccc5c(n4)NC(=O)CO5)C3)c2n1. The lowest BCUT2D eigenvalue weighted by molar-refractivity contribution is -0.118. The molecule has 188 valence electrons. The van der Waals surface area contributed by atoms with Gasteiger partial charge in [0.25, 0.3) is 5.91 Å². The zero-order chi connectivity index (χ0) is 25.1. The molecule has 0 spiro atoms. The van der Waals surface area contributed by atoms with E-state index < -0.39 is 5.82 Å². The second kappa shape index (κ2) is 10.5. The molecule has 2 N–H and O–H groups in total. The first-order chi connectivity index (χ1) is 17.5. The first kappa shape index (κ1) is 23.9. The molecule has 1 saturated heterocycles. The molecule has 5 rings (SSSR count). The summed E-state index contributed by atoms with van der Waals surface area (Å²) in [6.45, 7) is 2.75. The highest BCUT2D eigenvalue weighted by Gasteiger charge is 2.33. The molecule has 0 aliphatic carbocycles. The Balaban J connectivity index is 1.18. The van der Waals surface area contributed by atoms with Gasteiger partial charge in [0, 0.05) is 50.3 Å². The number of hydrogen-bond donors (Lipinski definition) is 2. The van der Waals surface area contributed by atoms with Crippen LogP contribution < -0.4 is 20.1 Å². The molecule has 2 atom stereocenters. The van der Waals surface area contributed by atoms with Crippen molar-refractivity contribution in [2.75, 3.05) is 45.2 Å². The van der Waals surface area contributed by atoms with Gasteiger partial charge in [-0.1, -0.05) is 5.18 Å². The average molecular weight is 496 g/mol. The quantitative estimate of drug-likeness (QED) is 0.427. The molecule has 5 heterocycles. The molecule has 0 radical (unpaired) electrons. The number of aromatic nitrogens is 3. The van der Waals surface area contributed by atoms with Crippen LogP contribution in [-0.2, 0) is 17.8 Å². The van der Waals surface area contributed by atoms with E-state index in [1.165, 1.54) is 13.3 Å².